The van der Waals surface area contributed by atoms with E-state index in [-0.39, 0.29) is 5.89 Å². The predicted octanol–water partition coefficient (Wildman–Crippen LogP) is 5.06. The van der Waals surface area contributed by atoms with Gasteiger partial charge in [-0.2, -0.15) is 13.2 Å². The van der Waals surface area contributed by atoms with Crippen molar-refractivity contribution in [3.05, 3.63) is 60.4 Å². The van der Waals surface area contributed by atoms with Crippen LogP contribution in [0, 0.1) is 0 Å². The van der Waals surface area contributed by atoms with Crippen molar-refractivity contribution in [3.63, 3.8) is 0 Å². The topological polar surface area (TPSA) is 38.9 Å². The van der Waals surface area contributed by atoms with Gasteiger partial charge in [0.05, 0.1) is 5.56 Å². The van der Waals surface area contributed by atoms with E-state index in [1.165, 1.54) is 12.1 Å². The number of hydrogen-bond acceptors (Lipinski definition) is 3. The van der Waals surface area contributed by atoms with Crippen LogP contribution in [0.1, 0.15) is 5.56 Å². The van der Waals surface area contributed by atoms with E-state index in [1.807, 2.05) is 12.1 Å². The summed E-state index contributed by atoms with van der Waals surface area (Å²) in [6.45, 7) is 0. The molecule has 114 valence electrons. The smallest absolute Gasteiger partial charge is 0.416 e. The zero-order chi connectivity index (χ0) is 16.0. The summed E-state index contributed by atoms with van der Waals surface area (Å²) in [7, 11) is 0. The third-order valence-electron chi connectivity index (χ3n) is 3.63. The first-order valence-corrected chi connectivity index (χ1v) is 6.83. The van der Waals surface area contributed by atoms with E-state index in [0.717, 1.165) is 22.9 Å². The van der Waals surface area contributed by atoms with Gasteiger partial charge >= 0.3 is 6.18 Å². The van der Waals surface area contributed by atoms with Crippen molar-refractivity contribution in [3.8, 4) is 11.5 Å². The average molecular weight is 314 g/mol. The number of rotatable bonds is 1. The molecule has 0 bridgehead atoms. The molecule has 2 heterocycles. The van der Waals surface area contributed by atoms with Crippen molar-refractivity contribution in [2.75, 3.05) is 0 Å². The van der Waals surface area contributed by atoms with Crippen LogP contribution in [0.3, 0.4) is 0 Å². The van der Waals surface area contributed by atoms with Gasteiger partial charge in [-0.15, -0.1) is 0 Å². The second-order valence-electron chi connectivity index (χ2n) is 5.10. The minimum Gasteiger partial charge on any atom is -0.436 e. The van der Waals surface area contributed by atoms with E-state index in [4.69, 9.17) is 4.42 Å². The first-order valence-electron chi connectivity index (χ1n) is 6.83. The normalized spacial score (nSPS) is 12.1. The van der Waals surface area contributed by atoms with Gasteiger partial charge in [-0.05, 0) is 42.5 Å². The highest BCUT2D eigenvalue weighted by Gasteiger charge is 2.30. The lowest BCUT2D eigenvalue weighted by Crippen LogP contribution is -2.03. The molecule has 0 saturated heterocycles. The molecule has 0 aliphatic heterocycles. The van der Waals surface area contributed by atoms with Crippen molar-refractivity contribution < 1.29 is 17.6 Å². The number of nitrogens with zero attached hydrogens (tertiary/aromatic N) is 2. The Morgan fingerprint density at radius 3 is 2.43 bits per heavy atom. The quantitative estimate of drug-likeness (QED) is 0.493. The van der Waals surface area contributed by atoms with E-state index in [2.05, 4.69) is 9.97 Å². The fraction of sp³-hybridized carbons (Fsp3) is 0.0588. The Morgan fingerprint density at radius 1 is 0.913 bits per heavy atom. The molecule has 4 rings (SSSR count). The number of pyridine rings is 1. The summed E-state index contributed by atoms with van der Waals surface area (Å²) >= 11 is 0. The van der Waals surface area contributed by atoms with Gasteiger partial charge in [0.15, 0.2) is 5.58 Å². The van der Waals surface area contributed by atoms with Crippen LogP contribution in [0.5, 0.6) is 0 Å². The van der Waals surface area contributed by atoms with Crippen LogP contribution >= 0.6 is 0 Å². The zero-order valence-corrected chi connectivity index (χ0v) is 11.6. The second-order valence-corrected chi connectivity index (χ2v) is 5.10. The molecule has 0 atom stereocenters. The SMILES string of the molecule is FC(F)(F)c1ccc(-c2nc3c(ccc4cnccc43)o2)cc1. The number of fused-ring (bicyclic) bond motifs is 3. The Kier molecular flexibility index (Phi) is 2.87. The minimum absolute atomic E-state index is 0.290. The van der Waals surface area contributed by atoms with E-state index in [1.54, 1.807) is 18.5 Å². The van der Waals surface area contributed by atoms with Crippen LogP contribution in [-0.2, 0) is 6.18 Å². The maximum absolute atomic E-state index is 12.6. The Hall–Kier alpha value is -2.89. The molecule has 0 aliphatic carbocycles. The molecular formula is C17H9F3N2O. The number of benzene rings is 2. The molecule has 2 aromatic carbocycles. The van der Waals surface area contributed by atoms with Crippen molar-refractivity contribution in [1.29, 1.82) is 0 Å². The number of alkyl halides is 3. The molecule has 0 saturated carbocycles. The molecule has 4 aromatic rings. The predicted molar refractivity (Wildman–Crippen MR) is 79.7 cm³/mol. The molecule has 2 aromatic heterocycles. The van der Waals surface area contributed by atoms with E-state index in [0.29, 0.717) is 16.7 Å². The molecule has 23 heavy (non-hydrogen) atoms. The average Bonchev–Trinajstić information content (AvgIpc) is 2.99. The highest BCUT2D eigenvalue weighted by atomic mass is 19.4. The largest absolute Gasteiger partial charge is 0.436 e. The molecular weight excluding hydrogens is 305 g/mol. The lowest BCUT2D eigenvalue weighted by molar-refractivity contribution is -0.137. The summed E-state index contributed by atoms with van der Waals surface area (Å²) in [5, 5.41) is 1.81. The summed E-state index contributed by atoms with van der Waals surface area (Å²) in [6, 6.07) is 10.2. The molecule has 0 radical (unpaired) electrons. The van der Waals surface area contributed by atoms with Crippen molar-refractivity contribution in [2.24, 2.45) is 0 Å². The van der Waals surface area contributed by atoms with Crippen molar-refractivity contribution in [2.45, 2.75) is 6.18 Å². The summed E-state index contributed by atoms with van der Waals surface area (Å²) in [4.78, 5) is 8.48. The molecule has 3 nitrogen and oxygen atoms in total. The molecule has 0 amide bonds. The highest BCUT2D eigenvalue weighted by molar-refractivity contribution is 6.03. The van der Waals surface area contributed by atoms with Crippen LogP contribution < -0.4 is 0 Å². The monoisotopic (exact) mass is 314 g/mol. The van der Waals surface area contributed by atoms with Crippen LogP contribution in [0.2, 0.25) is 0 Å². The van der Waals surface area contributed by atoms with Crippen LogP contribution in [0.15, 0.2) is 59.3 Å². The zero-order valence-electron chi connectivity index (χ0n) is 11.6. The maximum atomic E-state index is 12.6. The van der Waals surface area contributed by atoms with Crippen LogP contribution in [0.25, 0.3) is 33.3 Å². The number of aromatic nitrogens is 2. The van der Waals surface area contributed by atoms with E-state index in [9.17, 15) is 13.2 Å². The van der Waals surface area contributed by atoms with Gasteiger partial charge < -0.3 is 4.42 Å². The van der Waals surface area contributed by atoms with Crippen LogP contribution in [-0.4, -0.2) is 9.97 Å². The first-order chi connectivity index (χ1) is 11.0. The molecule has 6 heteroatoms. The number of hydrogen-bond donors (Lipinski definition) is 0. The van der Waals surface area contributed by atoms with Gasteiger partial charge in [0.2, 0.25) is 5.89 Å². The Labute approximate surface area is 128 Å². The van der Waals surface area contributed by atoms with E-state index >= 15 is 0 Å². The Balaban J connectivity index is 1.84. The van der Waals surface area contributed by atoms with Gasteiger partial charge in [-0.3, -0.25) is 4.98 Å². The number of halogens is 3. The van der Waals surface area contributed by atoms with Gasteiger partial charge in [0.25, 0.3) is 0 Å². The third-order valence-corrected chi connectivity index (χ3v) is 3.63. The van der Waals surface area contributed by atoms with Gasteiger partial charge in [0.1, 0.15) is 5.52 Å². The lowest BCUT2D eigenvalue weighted by atomic mass is 10.1. The van der Waals surface area contributed by atoms with Crippen LogP contribution in [0.4, 0.5) is 13.2 Å². The Bertz CT molecular complexity index is 1000. The highest BCUT2D eigenvalue weighted by Crippen LogP contribution is 2.32. The fourth-order valence-corrected chi connectivity index (χ4v) is 2.48. The Morgan fingerprint density at radius 2 is 1.70 bits per heavy atom. The molecule has 0 fully saturated rings. The second kappa shape index (κ2) is 4.81. The maximum Gasteiger partial charge on any atom is 0.416 e. The number of oxazole rings is 1. The minimum atomic E-state index is -4.36. The van der Waals surface area contributed by atoms with Gasteiger partial charge in [0, 0.05) is 28.7 Å². The first kappa shape index (κ1) is 13.8. The van der Waals surface area contributed by atoms with Gasteiger partial charge in [-0.25, -0.2) is 4.98 Å². The molecule has 0 N–H and O–H groups in total. The molecule has 0 aliphatic rings. The lowest BCUT2D eigenvalue weighted by Gasteiger charge is -2.05. The summed E-state index contributed by atoms with van der Waals surface area (Å²) in [6.07, 6.45) is -0.974. The third kappa shape index (κ3) is 2.32. The summed E-state index contributed by atoms with van der Waals surface area (Å²) < 4.78 is 43.5. The summed E-state index contributed by atoms with van der Waals surface area (Å²) in [5.74, 6) is 0.290. The molecule has 0 unspecified atom stereocenters. The van der Waals surface area contributed by atoms with Gasteiger partial charge in [-0.1, -0.05) is 0 Å². The van der Waals surface area contributed by atoms with Crippen molar-refractivity contribution in [1.82, 2.24) is 9.97 Å². The summed E-state index contributed by atoms with van der Waals surface area (Å²) in [5.41, 5.74) is 1.05. The fourth-order valence-electron chi connectivity index (χ4n) is 2.48. The standard InChI is InChI=1S/C17H9F3N2O/c18-17(19,20)12-4-1-10(2-5-12)16-22-15-13-7-8-21-9-11(13)3-6-14(15)23-16/h1-9H. The molecule has 0 spiro atoms. The van der Waals surface area contributed by atoms with E-state index < -0.39 is 11.7 Å². The van der Waals surface area contributed by atoms with Crippen molar-refractivity contribution >= 4 is 21.9 Å².